The summed E-state index contributed by atoms with van der Waals surface area (Å²) in [5, 5.41) is 2.12. The summed E-state index contributed by atoms with van der Waals surface area (Å²) in [4.78, 5) is 0. The number of alkyl halides is 1. The van der Waals surface area contributed by atoms with Gasteiger partial charge in [0.1, 0.15) is 5.60 Å². The van der Waals surface area contributed by atoms with Gasteiger partial charge in [-0.2, -0.15) is 0 Å². The molecule has 2 atom stereocenters. The van der Waals surface area contributed by atoms with Crippen molar-refractivity contribution in [2.75, 3.05) is 11.9 Å². The molecule has 0 radical (unpaired) electrons. The Morgan fingerprint density at radius 1 is 1.44 bits per heavy atom. The number of benzene rings is 1. The minimum Gasteiger partial charge on any atom is -0.369 e. The zero-order chi connectivity index (χ0) is 13.2. The molecule has 0 aliphatic carbocycles. The average Bonchev–Trinajstić information content (AvgIpc) is 2.74. The molecule has 1 saturated heterocycles. The van der Waals surface area contributed by atoms with Gasteiger partial charge in [-0.3, -0.25) is 0 Å². The Labute approximate surface area is 127 Å². The van der Waals surface area contributed by atoms with Gasteiger partial charge < -0.3 is 4.74 Å². The van der Waals surface area contributed by atoms with Crippen LogP contribution < -0.4 is 0 Å². The van der Waals surface area contributed by atoms with Crippen LogP contribution in [0, 0.1) is 5.92 Å². The predicted octanol–water partition coefficient (Wildman–Crippen LogP) is 5.42. The van der Waals surface area contributed by atoms with Gasteiger partial charge in [-0.05, 0) is 30.9 Å². The predicted molar refractivity (Wildman–Crippen MR) is 80.9 cm³/mol. The number of hydrogen-bond acceptors (Lipinski definition) is 1. The molecule has 0 bridgehead atoms. The second-order valence-electron chi connectivity index (χ2n) is 4.92. The van der Waals surface area contributed by atoms with Crippen molar-refractivity contribution in [1.82, 2.24) is 0 Å². The largest absolute Gasteiger partial charge is 0.369 e. The molecule has 0 N–H and O–H groups in total. The highest BCUT2D eigenvalue weighted by Gasteiger charge is 2.41. The van der Waals surface area contributed by atoms with Gasteiger partial charge in [-0.1, -0.05) is 58.5 Å². The lowest BCUT2D eigenvalue weighted by atomic mass is 9.87. The molecule has 4 heteroatoms. The molecule has 1 aromatic carbocycles. The van der Waals surface area contributed by atoms with E-state index in [1.807, 2.05) is 12.1 Å². The smallest absolute Gasteiger partial charge is 0.105 e. The minimum atomic E-state index is -0.290. The molecule has 0 saturated carbocycles. The van der Waals surface area contributed by atoms with Crippen molar-refractivity contribution in [3.63, 3.8) is 0 Å². The van der Waals surface area contributed by atoms with Crippen LogP contribution in [-0.2, 0) is 10.3 Å². The summed E-state index contributed by atoms with van der Waals surface area (Å²) >= 11 is 15.9. The Morgan fingerprint density at radius 2 is 2.22 bits per heavy atom. The normalized spacial score (nSPS) is 27.7. The molecule has 1 aromatic rings. The molecule has 18 heavy (non-hydrogen) atoms. The summed E-state index contributed by atoms with van der Waals surface area (Å²) in [6.45, 7) is 3.03. The second kappa shape index (κ2) is 6.13. The van der Waals surface area contributed by atoms with E-state index in [1.165, 1.54) is 12.8 Å². The van der Waals surface area contributed by atoms with Crippen LogP contribution in [-0.4, -0.2) is 11.9 Å². The van der Waals surface area contributed by atoms with Crippen molar-refractivity contribution in [1.29, 1.82) is 0 Å². The zero-order valence-corrected chi connectivity index (χ0v) is 13.5. The fourth-order valence-corrected chi connectivity index (χ4v) is 3.94. The van der Waals surface area contributed by atoms with Crippen molar-refractivity contribution in [3.05, 3.63) is 33.8 Å². The third kappa shape index (κ3) is 2.87. The average molecular weight is 352 g/mol. The van der Waals surface area contributed by atoms with Crippen LogP contribution in [0.4, 0.5) is 0 Å². The van der Waals surface area contributed by atoms with Crippen LogP contribution in [0.1, 0.15) is 31.7 Å². The fraction of sp³-hybridized carbons (Fsp3) is 0.571. The SMILES string of the molecule is CCCC1COC(CBr)(c2ccc(Cl)cc2Cl)C1. The molecule has 1 fully saturated rings. The zero-order valence-electron chi connectivity index (χ0n) is 10.4. The third-order valence-electron chi connectivity index (χ3n) is 3.55. The highest BCUT2D eigenvalue weighted by Crippen LogP contribution is 2.44. The van der Waals surface area contributed by atoms with Gasteiger partial charge in [0, 0.05) is 20.9 Å². The maximum absolute atomic E-state index is 6.32. The first-order chi connectivity index (χ1) is 8.61. The minimum absolute atomic E-state index is 0.290. The molecule has 100 valence electrons. The quantitative estimate of drug-likeness (QED) is 0.658. The van der Waals surface area contributed by atoms with E-state index in [4.69, 9.17) is 27.9 Å². The van der Waals surface area contributed by atoms with Gasteiger partial charge in [0.15, 0.2) is 0 Å². The Hall–Kier alpha value is 0.240. The molecule has 1 aliphatic rings. The molecule has 1 nitrogen and oxygen atoms in total. The van der Waals surface area contributed by atoms with Gasteiger partial charge in [0.2, 0.25) is 0 Å². The molecule has 0 spiro atoms. The lowest BCUT2D eigenvalue weighted by Gasteiger charge is -2.28. The van der Waals surface area contributed by atoms with Crippen LogP contribution >= 0.6 is 39.1 Å². The summed E-state index contributed by atoms with van der Waals surface area (Å²) in [5.74, 6) is 0.624. The summed E-state index contributed by atoms with van der Waals surface area (Å²) in [7, 11) is 0. The van der Waals surface area contributed by atoms with E-state index in [2.05, 4.69) is 22.9 Å². The van der Waals surface area contributed by atoms with Crippen LogP contribution in [0.2, 0.25) is 10.0 Å². The van der Waals surface area contributed by atoms with Crippen molar-refractivity contribution in [3.8, 4) is 0 Å². The second-order valence-corrected chi connectivity index (χ2v) is 6.33. The Balaban J connectivity index is 2.28. The van der Waals surface area contributed by atoms with E-state index in [1.54, 1.807) is 6.07 Å². The standard InChI is InChI=1S/C14H17BrCl2O/c1-2-3-10-7-14(9-15,18-8-10)12-5-4-11(16)6-13(12)17/h4-6,10H,2-3,7-9H2,1H3. The Bertz CT molecular complexity index is 424. The van der Waals surface area contributed by atoms with Crippen LogP contribution in [0.5, 0.6) is 0 Å². The van der Waals surface area contributed by atoms with Gasteiger partial charge >= 0.3 is 0 Å². The third-order valence-corrected chi connectivity index (χ3v) is 5.00. The van der Waals surface area contributed by atoms with Crippen molar-refractivity contribution >= 4 is 39.1 Å². The first kappa shape index (κ1) is 14.6. The molecular weight excluding hydrogens is 335 g/mol. The highest BCUT2D eigenvalue weighted by molar-refractivity contribution is 9.09. The van der Waals surface area contributed by atoms with E-state index >= 15 is 0 Å². The summed E-state index contributed by atoms with van der Waals surface area (Å²) in [6.07, 6.45) is 3.42. The van der Waals surface area contributed by atoms with Gasteiger partial charge in [0.25, 0.3) is 0 Å². The van der Waals surface area contributed by atoms with Crippen molar-refractivity contribution in [2.24, 2.45) is 5.92 Å². The molecule has 0 aromatic heterocycles. The molecule has 1 aliphatic heterocycles. The highest BCUT2D eigenvalue weighted by atomic mass is 79.9. The van der Waals surface area contributed by atoms with Crippen LogP contribution in [0.15, 0.2) is 18.2 Å². The first-order valence-corrected chi connectivity index (χ1v) is 8.14. The van der Waals surface area contributed by atoms with Crippen LogP contribution in [0.25, 0.3) is 0 Å². The topological polar surface area (TPSA) is 9.23 Å². The molecule has 0 amide bonds. The summed E-state index contributed by atoms with van der Waals surface area (Å²) < 4.78 is 6.09. The van der Waals surface area contributed by atoms with E-state index in [9.17, 15) is 0 Å². The van der Waals surface area contributed by atoms with E-state index in [0.717, 1.165) is 23.9 Å². The monoisotopic (exact) mass is 350 g/mol. The summed E-state index contributed by atoms with van der Waals surface area (Å²) in [5.41, 5.74) is 0.755. The Morgan fingerprint density at radius 3 is 2.83 bits per heavy atom. The fourth-order valence-electron chi connectivity index (χ4n) is 2.67. The molecule has 2 unspecified atom stereocenters. The van der Waals surface area contributed by atoms with Crippen molar-refractivity contribution in [2.45, 2.75) is 31.8 Å². The maximum Gasteiger partial charge on any atom is 0.105 e. The van der Waals surface area contributed by atoms with E-state index in [-0.39, 0.29) is 5.60 Å². The maximum atomic E-state index is 6.32. The van der Waals surface area contributed by atoms with Gasteiger partial charge in [0.05, 0.1) is 6.61 Å². The van der Waals surface area contributed by atoms with E-state index < -0.39 is 0 Å². The number of halogens is 3. The van der Waals surface area contributed by atoms with Crippen molar-refractivity contribution < 1.29 is 4.74 Å². The first-order valence-electron chi connectivity index (χ1n) is 6.27. The van der Waals surface area contributed by atoms with Gasteiger partial charge in [-0.15, -0.1) is 0 Å². The molecular formula is C14H17BrCl2O. The Kier molecular flexibility index (Phi) is 4.99. The number of hydrogen-bond donors (Lipinski definition) is 0. The summed E-state index contributed by atoms with van der Waals surface area (Å²) in [6, 6.07) is 5.66. The number of rotatable bonds is 4. The lowest BCUT2D eigenvalue weighted by molar-refractivity contribution is 0.0208. The lowest BCUT2D eigenvalue weighted by Crippen LogP contribution is -2.27. The van der Waals surface area contributed by atoms with Gasteiger partial charge in [-0.25, -0.2) is 0 Å². The molecule has 1 heterocycles. The van der Waals surface area contributed by atoms with E-state index in [0.29, 0.717) is 16.0 Å². The number of ether oxygens (including phenoxy) is 1. The molecule has 2 rings (SSSR count). The van der Waals surface area contributed by atoms with Crippen LogP contribution in [0.3, 0.4) is 0 Å².